The minimum Gasteiger partial charge on any atom is -0.381 e. The van der Waals surface area contributed by atoms with Crippen molar-refractivity contribution in [1.82, 2.24) is 9.97 Å². The lowest BCUT2D eigenvalue weighted by atomic mass is 9.74. The van der Waals surface area contributed by atoms with Crippen LogP contribution in [-0.2, 0) is 10.2 Å². The van der Waals surface area contributed by atoms with E-state index >= 15 is 0 Å². The summed E-state index contributed by atoms with van der Waals surface area (Å²) in [5, 5.41) is 4.73. The normalized spacial score (nSPS) is 17.2. The van der Waals surface area contributed by atoms with Gasteiger partial charge in [0, 0.05) is 47.6 Å². The predicted molar refractivity (Wildman–Crippen MR) is 88.7 cm³/mol. The topological polar surface area (TPSA) is 47.0 Å². The van der Waals surface area contributed by atoms with Crippen LogP contribution in [0.5, 0.6) is 0 Å². The third-order valence-electron chi connectivity index (χ3n) is 4.12. The van der Waals surface area contributed by atoms with Crippen LogP contribution in [0.3, 0.4) is 0 Å². The second-order valence-electron chi connectivity index (χ2n) is 5.46. The Hall–Kier alpha value is -1.36. The van der Waals surface area contributed by atoms with Crippen molar-refractivity contribution in [3.63, 3.8) is 0 Å². The van der Waals surface area contributed by atoms with Crippen molar-refractivity contribution < 1.29 is 4.74 Å². The van der Waals surface area contributed by atoms with Gasteiger partial charge in [0.2, 0.25) is 0 Å². The van der Waals surface area contributed by atoms with Gasteiger partial charge in [-0.3, -0.25) is 4.98 Å². The molecule has 0 atom stereocenters. The van der Waals surface area contributed by atoms with Crippen LogP contribution >= 0.6 is 23.2 Å². The van der Waals surface area contributed by atoms with E-state index in [1.54, 1.807) is 24.7 Å². The van der Waals surface area contributed by atoms with E-state index in [9.17, 15) is 0 Å². The SMILES string of the molecule is Clc1ccc(C2(CNc3cnccn3)CCOCC2)c(Cl)c1. The molecule has 3 rings (SSSR count). The Balaban J connectivity index is 1.87. The molecular weight excluding hydrogens is 321 g/mol. The molecule has 1 aromatic heterocycles. The summed E-state index contributed by atoms with van der Waals surface area (Å²) in [6.07, 6.45) is 6.86. The van der Waals surface area contributed by atoms with Crippen molar-refractivity contribution in [2.75, 3.05) is 25.1 Å². The van der Waals surface area contributed by atoms with Gasteiger partial charge < -0.3 is 10.1 Å². The molecular formula is C16H17Cl2N3O. The van der Waals surface area contributed by atoms with Gasteiger partial charge in [0.15, 0.2) is 0 Å². The molecule has 0 bridgehead atoms. The van der Waals surface area contributed by atoms with Gasteiger partial charge in [-0.2, -0.15) is 0 Å². The first kappa shape index (κ1) is 15.5. The highest BCUT2D eigenvalue weighted by Gasteiger charge is 2.36. The molecule has 1 aliphatic heterocycles. The monoisotopic (exact) mass is 337 g/mol. The van der Waals surface area contributed by atoms with Gasteiger partial charge in [0.1, 0.15) is 5.82 Å². The maximum absolute atomic E-state index is 6.45. The van der Waals surface area contributed by atoms with Crippen LogP contribution in [0.25, 0.3) is 0 Å². The van der Waals surface area contributed by atoms with Crippen molar-refractivity contribution in [2.24, 2.45) is 0 Å². The fourth-order valence-corrected chi connectivity index (χ4v) is 3.48. The first-order chi connectivity index (χ1) is 10.7. The zero-order valence-corrected chi connectivity index (χ0v) is 13.6. The molecule has 22 heavy (non-hydrogen) atoms. The number of nitrogens with zero attached hydrogens (tertiary/aromatic N) is 2. The van der Waals surface area contributed by atoms with Crippen LogP contribution in [0.15, 0.2) is 36.8 Å². The van der Waals surface area contributed by atoms with Crippen LogP contribution in [0, 0.1) is 0 Å². The molecule has 0 saturated carbocycles. The maximum atomic E-state index is 6.45. The Morgan fingerprint density at radius 3 is 2.68 bits per heavy atom. The molecule has 2 heterocycles. The number of benzene rings is 1. The molecule has 0 aliphatic carbocycles. The lowest BCUT2D eigenvalue weighted by Crippen LogP contribution is -2.40. The number of halogens is 2. The molecule has 1 saturated heterocycles. The van der Waals surface area contributed by atoms with Gasteiger partial charge in [-0.05, 0) is 30.5 Å². The van der Waals surface area contributed by atoms with E-state index in [2.05, 4.69) is 15.3 Å². The quantitative estimate of drug-likeness (QED) is 0.917. The average Bonchev–Trinajstić information content (AvgIpc) is 2.55. The summed E-state index contributed by atoms with van der Waals surface area (Å²) in [6, 6.07) is 5.72. The lowest BCUT2D eigenvalue weighted by Gasteiger charge is -2.38. The zero-order chi connectivity index (χ0) is 15.4. The van der Waals surface area contributed by atoms with Gasteiger partial charge in [-0.1, -0.05) is 29.3 Å². The summed E-state index contributed by atoms with van der Waals surface area (Å²) in [5.74, 6) is 0.762. The summed E-state index contributed by atoms with van der Waals surface area (Å²) in [4.78, 5) is 8.35. The zero-order valence-electron chi connectivity index (χ0n) is 12.1. The van der Waals surface area contributed by atoms with E-state index in [0.29, 0.717) is 10.0 Å². The average molecular weight is 338 g/mol. The summed E-state index contributed by atoms with van der Waals surface area (Å²) in [7, 11) is 0. The molecule has 0 unspecified atom stereocenters. The smallest absolute Gasteiger partial charge is 0.144 e. The summed E-state index contributed by atoms with van der Waals surface area (Å²) in [5.41, 5.74) is 1.02. The van der Waals surface area contributed by atoms with Crippen LogP contribution in [0.4, 0.5) is 5.82 Å². The third kappa shape index (κ3) is 3.35. The molecule has 0 spiro atoms. The molecule has 1 N–H and O–H groups in total. The van der Waals surface area contributed by atoms with Gasteiger partial charge >= 0.3 is 0 Å². The highest BCUT2D eigenvalue weighted by atomic mass is 35.5. The minimum atomic E-state index is -0.0859. The first-order valence-corrected chi connectivity index (χ1v) is 7.98. The number of anilines is 1. The summed E-state index contributed by atoms with van der Waals surface area (Å²) >= 11 is 12.5. The molecule has 116 valence electrons. The highest BCUT2D eigenvalue weighted by Crippen LogP contribution is 2.39. The number of hydrogen-bond acceptors (Lipinski definition) is 4. The van der Waals surface area contributed by atoms with Gasteiger partial charge in [0.05, 0.1) is 6.20 Å². The number of aromatic nitrogens is 2. The third-order valence-corrected chi connectivity index (χ3v) is 4.67. The van der Waals surface area contributed by atoms with Crippen molar-refractivity contribution in [3.05, 3.63) is 52.4 Å². The fraction of sp³-hybridized carbons (Fsp3) is 0.375. The molecule has 2 aromatic rings. The van der Waals surface area contributed by atoms with Crippen molar-refractivity contribution in [3.8, 4) is 0 Å². The number of ether oxygens (including phenoxy) is 1. The van der Waals surface area contributed by atoms with E-state index in [1.165, 1.54) is 0 Å². The minimum absolute atomic E-state index is 0.0859. The molecule has 1 aromatic carbocycles. The van der Waals surface area contributed by atoms with E-state index in [4.69, 9.17) is 27.9 Å². The molecule has 6 heteroatoms. The van der Waals surface area contributed by atoms with Crippen molar-refractivity contribution in [2.45, 2.75) is 18.3 Å². The summed E-state index contributed by atoms with van der Waals surface area (Å²) in [6.45, 7) is 2.18. The Morgan fingerprint density at radius 1 is 1.18 bits per heavy atom. The highest BCUT2D eigenvalue weighted by molar-refractivity contribution is 6.35. The Kier molecular flexibility index (Phi) is 4.81. The Morgan fingerprint density at radius 2 is 2.00 bits per heavy atom. The Labute approximate surface area is 139 Å². The standard InChI is InChI=1S/C16H17Cl2N3O/c17-12-1-2-13(14(18)9-12)16(3-7-22-8-4-16)11-21-15-10-19-5-6-20-15/h1-2,5-6,9-10H,3-4,7-8,11H2,(H,20,21). The molecule has 4 nitrogen and oxygen atoms in total. The van der Waals surface area contributed by atoms with Gasteiger partial charge in [0.25, 0.3) is 0 Å². The second-order valence-corrected chi connectivity index (χ2v) is 6.30. The van der Waals surface area contributed by atoms with Gasteiger partial charge in [-0.25, -0.2) is 4.98 Å². The number of nitrogens with one attached hydrogen (secondary N) is 1. The van der Waals surface area contributed by atoms with Crippen LogP contribution < -0.4 is 5.32 Å². The van der Waals surface area contributed by atoms with E-state index in [0.717, 1.165) is 44.0 Å². The van der Waals surface area contributed by atoms with Gasteiger partial charge in [-0.15, -0.1) is 0 Å². The fourth-order valence-electron chi connectivity index (χ4n) is 2.87. The molecule has 0 amide bonds. The largest absolute Gasteiger partial charge is 0.381 e. The second kappa shape index (κ2) is 6.82. The maximum Gasteiger partial charge on any atom is 0.144 e. The Bertz CT molecular complexity index is 631. The van der Waals surface area contributed by atoms with Crippen LogP contribution in [0.2, 0.25) is 10.0 Å². The van der Waals surface area contributed by atoms with E-state index < -0.39 is 0 Å². The van der Waals surface area contributed by atoms with Crippen LogP contribution in [-0.4, -0.2) is 29.7 Å². The van der Waals surface area contributed by atoms with E-state index in [-0.39, 0.29) is 5.41 Å². The first-order valence-electron chi connectivity index (χ1n) is 7.23. The van der Waals surface area contributed by atoms with E-state index in [1.807, 2.05) is 12.1 Å². The molecule has 1 aliphatic rings. The summed E-state index contributed by atoms with van der Waals surface area (Å²) < 4.78 is 5.54. The molecule has 1 fully saturated rings. The lowest BCUT2D eigenvalue weighted by molar-refractivity contribution is 0.0544. The number of rotatable bonds is 4. The van der Waals surface area contributed by atoms with Crippen molar-refractivity contribution in [1.29, 1.82) is 0 Å². The number of hydrogen-bond donors (Lipinski definition) is 1. The predicted octanol–water partition coefficient (Wildman–Crippen LogP) is 3.94. The van der Waals surface area contributed by atoms with Crippen molar-refractivity contribution >= 4 is 29.0 Å². The molecule has 0 radical (unpaired) electrons. The van der Waals surface area contributed by atoms with Crippen LogP contribution in [0.1, 0.15) is 18.4 Å².